The molecule has 6 heterocycles. The van der Waals surface area contributed by atoms with Gasteiger partial charge in [-0.15, -0.1) is 0 Å². The van der Waals surface area contributed by atoms with Gasteiger partial charge in [0.05, 0.1) is 103 Å². The van der Waals surface area contributed by atoms with Crippen molar-refractivity contribution in [1.82, 2.24) is 39.4 Å². The van der Waals surface area contributed by atoms with Crippen molar-refractivity contribution in [3.8, 4) is 11.3 Å². The first-order valence-electron chi connectivity index (χ1n) is 22.2. The molecule has 0 aliphatic carbocycles. The fraction of sp³-hybridized carbons (Fsp3) is 0.568. The van der Waals surface area contributed by atoms with Gasteiger partial charge in [-0.3, -0.25) is 14.6 Å². The van der Waals surface area contributed by atoms with Crippen LogP contribution in [-0.4, -0.2) is 176 Å². The Kier molecular flexibility index (Phi) is 15.6. The van der Waals surface area contributed by atoms with Crippen LogP contribution in [0.15, 0.2) is 47.1 Å². The summed E-state index contributed by atoms with van der Waals surface area (Å²) in [5, 5.41) is 5.60. The number of piperazine rings is 1. The molecule has 2 atom stereocenters. The van der Waals surface area contributed by atoms with Crippen molar-refractivity contribution in [2.24, 2.45) is 11.5 Å². The van der Waals surface area contributed by atoms with Crippen LogP contribution in [0, 0.1) is 0 Å². The van der Waals surface area contributed by atoms with Gasteiger partial charge in [0, 0.05) is 57.4 Å². The van der Waals surface area contributed by atoms with Gasteiger partial charge in [-0.25, -0.2) is 14.6 Å². The molecule has 3 aliphatic rings. The van der Waals surface area contributed by atoms with Crippen molar-refractivity contribution >= 4 is 39.9 Å². The number of rotatable bonds is 26. The van der Waals surface area contributed by atoms with Crippen LogP contribution >= 0.6 is 0 Å². The highest BCUT2D eigenvalue weighted by Crippen LogP contribution is 2.36. The first kappa shape index (κ1) is 45.7. The third-order valence-electron chi connectivity index (χ3n) is 12.1. The molecule has 20 nitrogen and oxygen atoms in total. The number of fused-ring (bicyclic) bond motifs is 5. The number of oxazole rings is 1. The molecule has 64 heavy (non-hydrogen) atoms. The van der Waals surface area contributed by atoms with Crippen LogP contribution in [-0.2, 0) is 52.7 Å². The predicted molar refractivity (Wildman–Crippen MR) is 239 cm³/mol. The predicted octanol–water partition coefficient (Wildman–Crippen LogP) is 1.23. The van der Waals surface area contributed by atoms with E-state index in [9.17, 15) is 4.79 Å². The van der Waals surface area contributed by atoms with E-state index in [0.29, 0.717) is 152 Å². The smallest absolute Gasteiger partial charge is 0.292 e. The van der Waals surface area contributed by atoms with Gasteiger partial charge < -0.3 is 60.7 Å². The Morgan fingerprint density at radius 3 is 2.28 bits per heavy atom. The fourth-order valence-corrected chi connectivity index (χ4v) is 8.87. The molecule has 1 amide bonds. The summed E-state index contributed by atoms with van der Waals surface area (Å²) >= 11 is 0. The molecule has 3 aliphatic heterocycles. The number of likely N-dealkylation sites (tertiary alicyclic amines) is 2. The summed E-state index contributed by atoms with van der Waals surface area (Å²) in [6.07, 6.45) is 3.50. The Morgan fingerprint density at radius 2 is 1.55 bits per heavy atom. The van der Waals surface area contributed by atoms with Gasteiger partial charge in [0.15, 0.2) is 11.2 Å². The molecule has 0 saturated carbocycles. The standard InChI is InChI=1S/C44H62N12O8/c45-7-12-59-16-17-61-14-10-55-28-35-25-44(55,48)29-54(35)9-13-60-18-20-63-22-21-62-19-15-58-11-6-38(57)53-8-5-32-23-31(1-2-34(32)27-53)26-56-42-39(41(46)49-30-50-42)40(52-56)33-3-4-37-36(24-33)51-43(47)64-37/h1-4,23-24,30,35H,5-22,25-29,45,48H2,(H2,47,51)(H2,46,49,50)/t35-,44-/m0/s1. The number of carbonyl (C=O) groups is 1. The molecule has 0 spiro atoms. The van der Waals surface area contributed by atoms with Crippen LogP contribution in [0.2, 0.25) is 0 Å². The van der Waals surface area contributed by atoms with Gasteiger partial charge >= 0.3 is 0 Å². The molecule has 8 rings (SSSR count). The average Bonchev–Trinajstić information content (AvgIpc) is 4.04. The highest BCUT2D eigenvalue weighted by molar-refractivity contribution is 5.99. The molecular formula is C44H62N12O8. The molecule has 5 aromatic rings. The molecule has 0 unspecified atom stereocenters. The second-order valence-corrected chi connectivity index (χ2v) is 16.5. The SMILES string of the molecule is NCCOCCOCCN1C[C@@H]2C[C@@]1(N)CN2CCOCCOCCOCCOCCC(=O)N1CCc2cc(Cn3nc(-c4ccc5oc(N)nc5c4)c4c(N)ncnc43)ccc2C1. The molecule has 20 heteroatoms. The molecule has 2 aromatic carbocycles. The summed E-state index contributed by atoms with van der Waals surface area (Å²) in [7, 11) is 0. The van der Waals surface area contributed by atoms with Crippen molar-refractivity contribution in [2.45, 2.75) is 44.1 Å². The number of carbonyl (C=O) groups excluding carboxylic acids is 1. The van der Waals surface area contributed by atoms with E-state index in [-0.39, 0.29) is 17.6 Å². The van der Waals surface area contributed by atoms with Crippen LogP contribution in [0.5, 0.6) is 0 Å². The number of aromatic nitrogens is 5. The number of amides is 1. The summed E-state index contributed by atoms with van der Waals surface area (Å²) in [5.41, 5.74) is 30.7. The quantitative estimate of drug-likeness (QED) is 0.0570. The van der Waals surface area contributed by atoms with Crippen molar-refractivity contribution in [3.05, 3.63) is 59.4 Å². The second kappa shape index (κ2) is 21.9. The molecule has 346 valence electrons. The largest absolute Gasteiger partial charge is 0.424 e. The molecule has 0 radical (unpaired) electrons. The van der Waals surface area contributed by atoms with Crippen molar-refractivity contribution in [2.75, 3.05) is 130 Å². The van der Waals surface area contributed by atoms with Crippen molar-refractivity contribution in [1.29, 1.82) is 0 Å². The van der Waals surface area contributed by atoms with Crippen molar-refractivity contribution in [3.63, 3.8) is 0 Å². The molecule has 8 N–H and O–H groups in total. The second-order valence-electron chi connectivity index (χ2n) is 16.5. The molecular weight excluding hydrogens is 825 g/mol. The van der Waals surface area contributed by atoms with Crippen LogP contribution < -0.4 is 22.9 Å². The van der Waals surface area contributed by atoms with E-state index < -0.39 is 0 Å². The molecule has 3 aromatic heterocycles. The number of benzene rings is 2. The Balaban J connectivity index is 0.658. The number of nitrogens with zero attached hydrogens (tertiary/aromatic N) is 8. The molecule has 2 fully saturated rings. The first-order valence-corrected chi connectivity index (χ1v) is 22.2. The summed E-state index contributed by atoms with van der Waals surface area (Å²) in [6.45, 7) is 11.9. The van der Waals surface area contributed by atoms with Crippen LogP contribution in [0.1, 0.15) is 29.5 Å². The number of nitrogens with two attached hydrogens (primary N) is 4. The Hall–Kier alpha value is -4.87. The Labute approximate surface area is 372 Å². The maximum absolute atomic E-state index is 13.1. The van der Waals surface area contributed by atoms with E-state index in [1.165, 1.54) is 11.9 Å². The summed E-state index contributed by atoms with van der Waals surface area (Å²) in [5.74, 6) is 0.418. The fourth-order valence-electron chi connectivity index (χ4n) is 8.87. The maximum Gasteiger partial charge on any atom is 0.292 e. The van der Waals surface area contributed by atoms with Gasteiger partial charge in [0.2, 0.25) is 5.91 Å². The number of nitrogen functional groups attached to an aromatic ring is 2. The minimum absolute atomic E-state index is 0.0755. The first-order chi connectivity index (χ1) is 31.3. The zero-order chi connectivity index (χ0) is 44.3. The zero-order valence-electron chi connectivity index (χ0n) is 36.5. The average molecular weight is 887 g/mol. The summed E-state index contributed by atoms with van der Waals surface area (Å²) in [6, 6.07) is 12.5. The van der Waals surface area contributed by atoms with E-state index in [0.717, 1.165) is 55.7 Å². The number of hydrogen-bond acceptors (Lipinski definition) is 18. The number of hydrogen-bond donors (Lipinski definition) is 4. The van der Waals surface area contributed by atoms with Crippen LogP contribution in [0.4, 0.5) is 11.8 Å². The third kappa shape index (κ3) is 11.3. The highest BCUT2D eigenvalue weighted by Gasteiger charge is 2.51. The lowest BCUT2D eigenvalue weighted by Crippen LogP contribution is -2.60. The minimum Gasteiger partial charge on any atom is -0.424 e. The van der Waals surface area contributed by atoms with Gasteiger partial charge in [-0.05, 0) is 47.7 Å². The van der Waals surface area contributed by atoms with E-state index in [4.69, 9.17) is 60.9 Å². The third-order valence-corrected chi connectivity index (χ3v) is 12.1. The number of ether oxygens (including phenoxy) is 6. The normalized spacial score (nSPS) is 18.8. The highest BCUT2D eigenvalue weighted by atomic mass is 16.6. The van der Waals surface area contributed by atoms with Gasteiger partial charge in [-0.2, -0.15) is 10.1 Å². The van der Waals surface area contributed by atoms with E-state index >= 15 is 0 Å². The monoisotopic (exact) mass is 886 g/mol. The minimum atomic E-state index is -0.291. The zero-order valence-corrected chi connectivity index (χ0v) is 36.5. The van der Waals surface area contributed by atoms with Crippen LogP contribution in [0.3, 0.4) is 0 Å². The van der Waals surface area contributed by atoms with Gasteiger partial charge in [0.1, 0.15) is 23.4 Å². The van der Waals surface area contributed by atoms with Crippen LogP contribution in [0.25, 0.3) is 33.4 Å². The maximum atomic E-state index is 13.1. The lowest BCUT2D eigenvalue weighted by molar-refractivity contribution is -0.133. The Morgan fingerprint density at radius 1 is 0.828 bits per heavy atom. The van der Waals surface area contributed by atoms with E-state index in [2.05, 4.69) is 43.0 Å². The topological polar surface area (TPSA) is 256 Å². The summed E-state index contributed by atoms with van der Waals surface area (Å²) < 4.78 is 41.2. The van der Waals surface area contributed by atoms with E-state index in [1.807, 2.05) is 27.8 Å². The Bertz CT molecular complexity index is 2310. The van der Waals surface area contributed by atoms with E-state index in [1.54, 1.807) is 0 Å². The molecule has 2 bridgehead atoms. The molecule has 2 saturated heterocycles. The lowest BCUT2D eigenvalue weighted by atomic mass is 9.97. The van der Waals surface area contributed by atoms with Gasteiger partial charge in [0.25, 0.3) is 6.01 Å². The number of anilines is 2. The van der Waals surface area contributed by atoms with Gasteiger partial charge in [-0.1, -0.05) is 18.2 Å². The lowest BCUT2D eigenvalue weighted by Gasteiger charge is -2.39. The van der Waals surface area contributed by atoms with Crippen molar-refractivity contribution < 1.29 is 37.6 Å². The summed E-state index contributed by atoms with van der Waals surface area (Å²) in [4.78, 5) is 32.8.